The first-order chi connectivity index (χ1) is 17.6. The van der Waals surface area contributed by atoms with Crippen LogP contribution in [0.5, 0.6) is 0 Å². The molecule has 196 valence electrons. The molecule has 4 rings (SSSR count). The van der Waals surface area contributed by atoms with Crippen LogP contribution in [0.1, 0.15) is 45.6 Å². The molecule has 1 aliphatic rings. The van der Waals surface area contributed by atoms with Crippen LogP contribution in [0.3, 0.4) is 0 Å². The van der Waals surface area contributed by atoms with Gasteiger partial charge in [0, 0.05) is 30.9 Å². The quantitative estimate of drug-likeness (QED) is 0.419. The van der Waals surface area contributed by atoms with E-state index in [1.54, 1.807) is 30.3 Å². The second kappa shape index (κ2) is 10.9. The van der Waals surface area contributed by atoms with Crippen molar-refractivity contribution in [2.75, 3.05) is 10.8 Å². The number of hydrogen-bond donors (Lipinski definition) is 1. The lowest BCUT2D eigenvalue weighted by Crippen LogP contribution is -2.50. The average Bonchev–Trinajstić information content (AvgIpc) is 3.07. The summed E-state index contributed by atoms with van der Waals surface area (Å²) in [6.07, 6.45) is 0.749. The van der Waals surface area contributed by atoms with Gasteiger partial charge in [-0.1, -0.05) is 43.3 Å². The highest BCUT2D eigenvalue weighted by Crippen LogP contribution is 2.42. The fraction of sp³-hybridized carbons (Fsp3) is 0.357. The van der Waals surface area contributed by atoms with Gasteiger partial charge in [-0.05, 0) is 61.9 Å². The van der Waals surface area contributed by atoms with Crippen LogP contribution >= 0.6 is 0 Å². The summed E-state index contributed by atoms with van der Waals surface area (Å²) in [5.41, 5.74) is 1.32. The normalized spacial score (nSPS) is 14.7. The van der Waals surface area contributed by atoms with Crippen molar-refractivity contribution in [3.8, 4) is 0 Å². The molecule has 0 aliphatic carbocycles. The second-order valence-electron chi connectivity index (χ2n) is 9.55. The molecule has 1 aliphatic heterocycles. The molecule has 0 fully saturated rings. The smallest absolute Gasteiger partial charge is 0.265 e. The van der Waals surface area contributed by atoms with Crippen LogP contribution in [0.2, 0.25) is 0 Å². The fourth-order valence-corrected chi connectivity index (χ4v) is 6.55. The molecule has 0 spiro atoms. The summed E-state index contributed by atoms with van der Waals surface area (Å²) >= 11 is 0. The molecule has 0 unspecified atom stereocenters. The maximum Gasteiger partial charge on any atom is 0.265 e. The van der Waals surface area contributed by atoms with Crippen LogP contribution in [0, 0.1) is 5.82 Å². The minimum Gasteiger partial charge on any atom is -0.352 e. The summed E-state index contributed by atoms with van der Waals surface area (Å²) in [5.74, 6) is -0.895. The maximum absolute atomic E-state index is 13.5. The number of halogens is 1. The second-order valence-corrected chi connectivity index (χ2v) is 11.4. The van der Waals surface area contributed by atoms with E-state index in [9.17, 15) is 22.4 Å². The number of nitrogens with one attached hydrogen (secondary N) is 1. The summed E-state index contributed by atoms with van der Waals surface area (Å²) < 4.78 is 41.3. The molecule has 0 saturated heterocycles. The van der Waals surface area contributed by atoms with Crippen molar-refractivity contribution in [2.24, 2.45) is 0 Å². The van der Waals surface area contributed by atoms with Crippen LogP contribution in [0.4, 0.5) is 10.1 Å². The molecule has 3 aromatic carbocycles. The zero-order valence-electron chi connectivity index (χ0n) is 21.3. The van der Waals surface area contributed by atoms with E-state index in [0.717, 1.165) is 5.39 Å². The fourth-order valence-electron chi connectivity index (χ4n) is 4.80. The average molecular weight is 526 g/mol. The van der Waals surface area contributed by atoms with Crippen molar-refractivity contribution in [1.82, 2.24) is 10.2 Å². The number of anilines is 1. The molecule has 1 N–H and O–H groups in total. The predicted molar refractivity (Wildman–Crippen MR) is 142 cm³/mol. The lowest BCUT2D eigenvalue weighted by Gasteiger charge is -2.31. The monoisotopic (exact) mass is 525 g/mol. The molecule has 9 heteroatoms. The Balaban J connectivity index is 1.52. The first-order valence-corrected chi connectivity index (χ1v) is 14.0. The van der Waals surface area contributed by atoms with Crippen LogP contribution in [-0.2, 0) is 26.2 Å². The summed E-state index contributed by atoms with van der Waals surface area (Å²) in [7, 11) is -3.71. The van der Waals surface area contributed by atoms with Gasteiger partial charge >= 0.3 is 0 Å². The van der Waals surface area contributed by atoms with E-state index in [1.165, 1.54) is 21.3 Å². The molecule has 0 bridgehead atoms. The SMILES string of the molecule is CC[C@@H](C(=O)NC(C)C)N(Cc1ccc(F)cc1)C(=O)CCCN1c2cccc3cccc(c23)S1(=O)=O. The standard InChI is InChI=1S/C28H32FN3O4S/c1-4-23(28(34)30-19(2)3)31(18-20-13-15-22(29)16-14-20)26(33)12-7-17-32-24-10-5-8-21-9-6-11-25(27(21)24)37(32,35)36/h5-6,8-11,13-16,19,23H,4,7,12,17-18H2,1-3H3,(H,30,34)/t23-/m0/s1. The zero-order chi connectivity index (χ0) is 26.7. The lowest BCUT2D eigenvalue weighted by atomic mass is 10.1. The minimum atomic E-state index is -3.71. The van der Waals surface area contributed by atoms with Crippen molar-refractivity contribution < 1.29 is 22.4 Å². The first kappa shape index (κ1) is 26.6. The number of sulfonamides is 1. The summed E-state index contributed by atoms with van der Waals surface area (Å²) in [5, 5.41) is 4.43. The molecule has 37 heavy (non-hydrogen) atoms. The van der Waals surface area contributed by atoms with Crippen molar-refractivity contribution >= 4 is 38.3 Å². The summed E-state index contributed by atoms with van der Waals surface area (Å²) in [4.78, 5) is 28.2. The Hall–Kier alpha value is -3.46. The first-order valence-electron chi connectivity index (χ1n) is 12.5. The Labute approximate surface area is 217 Å². The largest absolute Gasteiger partial charge is 0.352 e. The number of carbonyl (C=O) groups excluding carboxylic acids is 2. The highest BCUT2D eigenvalue weighted by Gasteiger charge is 2.35. The van der Waals surface area contributed by atoms with E-state index < -0.39 is 16.1 Å². The number of rotatable bonds is 10. The van der Waals surface area contributed by atoms with Crippen molar-refractivity contribution in [3.63, 3.8) is 0 Å². The van der Waals surface area contributed by atoms with Gasteiger partial charge in [-0.25, -0.2) is 12.8 Å². The van der Waals surface area contributed by atoms with Crippen molar-refractivity contribution in [3.05, 3.63) is 72.0 Å². The molecule has 3 aromatic rings. The summed E-state index contributed by atoms with van der Waals surface area (Å²) in [6.45, 7) is 5.83. The Morgan fingerprint density at radius 3 is 2.35 bits per heavy atom. The molecule has 0 saturated carbocycles. The molecule has 2 amide bonds. The minimum absolute atomic E-state index is 0.0605. The number of amides is 2. The predicted octanol–water partition coefficient (Wildman–Crippen LogP) is 4.60. The van der Waals surface area contributed by atoms with Crippen molar-refractivity contribution in [2.45, 2.75) is 63.6 Å². The van der Waals surface area contributed by atoms with Gasteiger partial charge < -0.3 is 10.2 Å². The van der Waals surface area contributed by atoms with Crippen LogP contribution in [0.25, 0.3) is 10.8 Å². The van der Waals surface area contributed by atoms with Gasteiger partial charge in [-0.2, -0.15) is 0 Å². The maximum atomic E-state index is 13.5. The van der Waals surface area contributed by atoms with Gasteiger partial charge in [-0.15, -0.1) is 0 Å². The van der Waals surface area contributed by atoms with E-state index in [0.29, 0.717) is 23.1 Å². The molecule has 0 radical (unpaired) electrons. The Bertz CT molecular complexity index is 1400. The molecule has 1 heterocycles. The Kier molecular flexibility index (Phi) is 7.82. The van der Waals surface area contributed by atoms with Gasteiger partial charge in [0.1, 0.15) is 11.9 Å². The highest BCUT2D eigenvalue weighted by atomic mass is 32.2. The van der Waals surface area contributed by atoms with Gasteiger partial charge in [0.25, 0.3) is 10.0 Å². The number of nitrogens with zero attached hydrogens (tertiary/aromatic N) is 2. The third-order valence-corrected chi connectivity index (χ3v) is 8.37. The number of benzene rings is 3. The number of hydrogen-bond acceptors (Lipinski definition) is 4. The molecule has 1 atom stereocenters. The van der Waals surface area contributed by atoms with Crippen molar-refractivity contribution in [1.29, 1.82) is 0 Å². The third kappa shape index (κ3) is 5.46. The highest BCUT2D eigenvalue weighted by molar-refractivity contribution is 7.93. The van der Waals surface area contributed by atoms with Crippen LogP contribution in [0.15, 0.2) is 65.6 Å². The third-order valence-electron chi connectivity index (χ3n) is 6.52. The van der Waals surface area contributed by atoms with E-state index in [-0.39, 0.29) is 54.5 Å². The summed E-state index contributed by atoms with van der Waals surface area (Å²) in [6, 6.07) is 15.7. The van der Waals surface area contributed by atoms with Crippen LogP contribution in [-0.4, -0.2) is 43.8 Å². The molecule has 0 aromatic heterocycles. The Morgan fingerprint density at radius 2 is 1.70 bits per heavy atom. The lowest BCUT2D eigenvalue weighted by molar-refractivity contribution is -0.141. The molecule has 7 nitrogen and oxygen atoms in total. The topological polar surface area (TPSA) is 86.8 Å². The molecular weight excluding hydrogens is 493 g/mol. The van der Waals surface area contributed by atoms with E-state index in [1.807, 2.05) is 39.0 Å². The van der Waals surface area contributed by atoms with E-state index in [4.69, 9.17) is 0 Å². The van der Waals surface area contributed by atoms with Gasteiger partial charge in [0.2, 0.25) is 11.8 Å². The zero-order valence-corrected chi connectivity index (χ0v) is 22.1. The Morgan fingerprint density at radius 1 is 1.03 bits per heavy atom. The van der Waals surface area contributed by atoms with E-state index in [2.05, 4.69) is 5.32 Å². The van der Waals surface area contributed by atoms with Gasteiger partial charge in [-0.3, -0.25) is 13.9 Å². The number of carbonyl (C=O) groups is 2. The van der Waals surface area contributed by atoms with Gasteiger partial charge in [0.15, 0.2) is 0 Å². The van der Waals surface area contributed by atoms with Crippen LogP contribution < -0.4 is 9.62 Å². The molecular formula is C28H32FN3O4S. The van der Waals surface area contributed by atoms with E-state index >= 15 is 0 Å². The van der Waals surface area contributed by atoms with Gasteiger partial charge in [0.05, 0.1) is 10.6 Å².